The lowest BCUT2D eigenvalue weighted by atomic mass is 9.89. The fourth-order valence-corrected chi connectivity index (χ4v) is 4.87. The zero-order valence-corrected chi connectivity index (χ0v) is 14.1. The van der Waals surface area contributed by atoms with Gasteiger partial charge in [-0.05, 0) is 32.1 Å². The Morgan fingerprint density at radius 1 is 0.957 bits per heavy atom. The van der Waals surface area contributed by atoms with Crippen molar-refractivity contribution >= 4 is 5.91 Å². The van der Waals surface area contributed by atoms with E-state index in [2.05, 4.69) is 10.2 Å². The Labute approximate surface area is 139 Å². The lowest BCUT2D eigenvalue weighted by molar-refractivity contribution is -0.179. The molecule has 0 radical (unpaired) electrons. The van der Waals surface area contributed by atoms with Gasteiger partial charge in [0.05, 0.1) is 13.2 Å². The van der Waals surface area contributed by atoms with Gasteiger partial charge < -0.3 is 19.7 Å². The number of carbonyl (C=O) groups is 1. The predicted molar refractivity (Wildman–Crippen MR) is 87.0 cm³/mol. The zero-order valence-electron chi connectivity index (χ0n) is 14.1. The quantitative estimate of drug-likeness (QED) is 0.864. The van der Waals surface area contributed by atoms with Crippen LogP contribution in [0.3, 0.4) is 0 Å². The lowest BCUT2D eigenvalue weighted by Crippen LogP contribution is -2.46. The van der Waals surface area contributed by atoms with Crippen LogP contribution >= 0.6 is 0 Å². The molecule has 1 amide bonds. The lowest BCUT2D eigenvalue weighted by Gasteiger charge is -2.36. The second-order valence-corrected chi connectivity index (χ2v) is 7.80. The summed E-state index contributed by atoms with van der Waals surface area (Å²) >= 11 is 0. The smallest absolute Gasteiger partial charge is 0.225 e. The summed E-state index contributed by atoms with van der Waals surface area (Å²) in [6, 6.07) is 1.03. The first kappa shape index (κ1) is 15.9. The molecule has 2 heterocycles. The summed E-state index contributed by atoms with van der Waals surface area (Å²) < 4.78 is 11.6. The summed E-state index contributed by atoms with van der Waals surface area (Å²) in [4.78, 5) is 14.6. The molecule has 0 unspecified atom stereocenters. The number of nitrogens with one attached hydrogen (secondary N) is 1. The van der Waals surface area contributed by atoms with E-state index in [9.17, 15) is 4.79 Å². The van der Waals surface area contributed by atoms with Crippen LogP contribution in [-0.2, 0) is 14.3 Å². The number of rotatable bonds is 3. The van der Waals surface area contributed by atoms with Gasteiger partial charge in [0.25, 0.3) is 0 Å². The monoisotopic (exact) mass is 322 g/mol. The van der Waals surface area contributed by atoms with Gasteiger partial charge in [0.1, 0.15) is 0 Å². The summed E-state index contributed by atoms with van der Waals surface area (Å²) in [6.45, 7) is 3.35. The van der Waals surface area contributed by atoms with Crippen LogP contribution in [0.1, 0.15) is 57.8 Å². The molecule has 4 fully saturated rings. The van der Waals surface area contributed by atoms with Crippen LogP contribution < -0.4 is 5.32 Å². The van der Waals surface area contributed by atoms with Crippen molar-refractivity contribution in [3.05, 3.63) is 0 Å². The Kier molecular flexibility index (Phi) is 4.61. The van der Waals surface area contributed by atoms with Crippen LogP contribution in [-0.4, -0.2) is 55.0 Å². The Bertz CT molecular complexity index is 420. The molecule has 5 nitrogen and oxygen atoms in total. The molecule has 23 heavy (non-hydrogen) atoms. The van der Waals surface area contributed by atoms with E-state index < -0.39 is 0 Å². The third-order valence-electron chi connectivity index (χ3n) is 6.24. The maximum Gasteiger partial charge on any atom is 0.225 e. The maximum atomic E-state index is 12.5. The van der Waals surface area contributed by atoms with Gasteiger partial charge in [0, 0.05) is 43.9 Å². The molecule has 0 aromatic carbocycles. The van der Waals surface area contributed by atoms with Crippen molar-refractivity contribution in [1.82, 2.24) is 10.2 Å². The molecule has 4 rings (SSSR count). The van der Waals surface area contributed by atoms with E-state index in [1.165, 1.54) is 12.8 Å². The van der Waals surface area contributed by atoms with E-state index in [1.807, 2.05) is 0 Å². The van der Waals surface area contributed by atoms with Gasteiger partial charge in [0.2, 0.25) is 5.91 Å². The largest absolute Gasteiger partial charge is 0.348 e. The van der Waals surface area contributed by atoms with Crippen LogP contribution in [0.15, 0.2) is 0 Å². The van der Waals surface area contributed by atoms with Gasteiger partial charge in [-0.25, -0.2) is 0 Å². The number of hydrogen-bond donors (Lipinski definition) is 1. The number of likely N-dealkylation sites (tertiary alicyclic amines) is 1. The van der Waals surface area contributed by atoms with E-state index in [4.69, 9.17) is 9.47 Å². The Morgan fingerprint density at radius 2 is 1.65 bits per heavy atom. The number of nitrogens with zero attached hydrogens (tertiary/aromatic N) is 1. The maximum absolute atomic E-state index is 12.5. The molecular weight excluding hydrogens is 292 g/mol. The summed E-state index contributed by atoms with van der Waals surface area (Å²) in [6.07, 6.45) is 10.0. The molecule has 1 spiro atoms. The van der Waals surface area contributed by atoms with Gasteiger partial charge in [-0.1, -0.05) is 12.8 Å². The second kappa shape index (κ2) is 6.69. The van der Waals surface area contributed by atoms with E-state index in [-0.39, 0.29) is 5.79 Å². The molecule has 2 saturated carbocycles. The van der Waals surface area contributed by atoms with Crippen molar-refractivity contribution < 1.29 is 14.3 Å². The molecule has 4 aliphatic rings. The first-order valence-electron chi connectivity index (χ1n) is 9.57. The molecule has 0 aromatic rings. The van der Waals surface area contributed by atoms with Crippen LogP contribution in [0.4, 0.5) is 0 Å². The normalized spacial score (nSPS) is 32.2. The SMILES string of the molecule is O=C(C1CCCC1)N1CC[C@H](NC2CCC3(CC2)OCCO3)C1. The molecule has 1 N–H and O–H groups in total. The molecule has 2 saturated heterocycles. The van der Waals surface area contributed by atoms with Crippen LogP contribution in [0.25, 0.3) is 0 Å². The number of hydrogen-bond acceptors (Lipinski definition) is 4. The molecule has 2 aliphatic carbocycles. The Hall–Kier alpha value is -0.650. The summed E-state index contributed by atoms with van der Waals surface area (Å²) in [5.74, 6) is 0.473. The second-order valence-electron chi connectivity index (χ2n) is 7.80. The minimum absolute atomic E-state index is 0.266. The van der Waals surface area contributed by atoms with Gasteiger partial charge >= 0.3 is 0 Å². The minimum Gasteiger partial charge on any atom is -0.348 e. The third kappa shape index (κ3) is 3.42. The Morgan fingerprint density at radius 3 is 2.35 bits per heavy atom. The summed E-state index contributed by atoms with van der Waals surface area (Å²) in [7, 11) is 0. The van der Waals surface area contributed by atoms with E-state index in [0.29, 0.717) is 23.9 Å². The molecule has 1 atom stereocenters. The van der Waals surface area contributed by atoms with Crippen LogP contribution in [0.5, 0.6) is 0 Å². The van der Waals surface area contributed by atoms with E-state index in [1.54, 1.807) is 0 Å². The first-order chi connectivity index (χ1) is 11.2. The highest BCUT2D eigenvalue weighted by molar-refractivity contribution is 5.79. The van der Waals surface area contributed by atoms with Gasteiger partial charge in [-0.3, -0.25) is 4.79 Å². The minimum atomic E-state index is -0.266. The Balaban J connectivity index is 1.22. The highest BCUT2D eigenvalue weighted by Gasteiger charge is 2.41. The van der Waals surface area contributed by atoms with Gasteiger partial charge in [0.15, 0.2) is 5.79 Å². The molecule has 2 aliphatic heterocycles. The van der Waals surface area contributed by atoms with Gasteiger partial charge in [-0.15, -0.1) is 0 Å². The van der Waals surface area contributed by atoms with Crippen molar-refractivity contribution in [2.75, 3.05) is 26.3 Å². The van der Waals surface area contributed by atoms with Crippen molar-refractivity contribution in [1.29, 1.82) is 0 Å². The first-order valence-corrected chi connectivity index (χ1v) is 9.57. The standard InChI is InChI=1S/C18H30N2O3/c21-17(14-3-1-2-4-14)20-10-7-16(13-20)19-15-5-8-18(9-6-15)22-11-12-23-18/h14-16,19H,1-13H2/t16-/m0/s1. The van der Waals surface area contributed by atoms with Crippen LogP contribution in [0.2, 0.25) is 0 Å². The van der Waals surface area contributed by atoms with Crippen molar-refractivity contribution in [3.8, 4) is 0 Å². The molecule has 0 bridgehead atoms. The average molecular weight is 322 g/mol. The molecule has 0 aromatic heterocycles. The summed E-state index contributed by atoms with van der Waals surface area (Å²) in [5, 5.41) is 3.79. The number of amides is 1. The van der Waals surface area contributed by atoms with Gasteiger partial charge in [-0.2, -0.15) is 0 Å². The topological polar surface area (TPSA) is 50.8 Å². The summed E-state index contributed by atoms with van der Waals surface area (Å²) in [5.41, 5.74) is 0. The van der Waals surface area contributed by atoms with Crippen LogP contribution in [0, 0.1) is 5.92 Å². The van der Waals surface area contributed by atoms with E-state index >= 15 is 0 Å². The van der Waals surface area contributed by atoms with Crippen molar-refractivity contribution in [2.24, 2.45) is 5.92 Å². The highest BCUT2D eigenvalue weighted by atomic mass is 16.7. The fourth-order valence-electron chi connectivity index (χ4n) is 4.87. The third-order valence-corrected chi connectivity index (χ3v) is 6.24. The average Bonchev–Trinajstić information content (AvgIpc) is 3.31. The highest BCUT2D eigenvalue weighted by Crippen LogP contribution is 2.36. The molecule has 130 valence electrons. The predicted octanol–water partition coefficient (Wildman–Crippen LogP) is 2.05. The van der Waals surface area contributed by atoms with Crippen molar-refractivity contribution in [3.63, 3.8) is 0 Å². The number of ether oxygens (including phenoxy) is 2. The van der Waals surface area contributed by atoms with Crippen molar-refractivity contribution in [2.45, 2.75) is 75.7 Å². The van der Waals surface area contributed by atoms with E-state index in [0.717, 1.165) is 71.2 Å². The number of carbonyl (C=O) groups excluding carboxylic acids is 1. The molecular formula is C18H30N2O3. The zero-order chi connectivity index (χ0) is 15.7. The molecule has 5 heteroatoms. The fraction of sp³-hybridized carbons (Fsp3) is 0.944.